The first-order valence-electron chi connectivity index (χ1n) is 5.39. The molecule has 0 fully saturated rings. The van der Waals surface area contributed by atoms with E-state index in [2.05, 4.69) is 10.6 Å². The summed E-state index contributed by atoms with van der Waals surface area (Å²) >= 11 is 0. The number of carbonyl (C=O) groups excluding carboxylic acids is 1. The standard InChI is InChI=1S/C11H15N3O3/c1-2-12-8-7-11(15)13-9-5-3-4-6-10(9)14(16)17/h3-6,12H,2,7-8H2,1H3,(H,13,15). The van der Waals surface area contributed by atoms with Crippen LogP contribution in [0.5, 0.6) is 0 Å². The lowest BCUT2D eigenvalue weighted by Crippen LogP contribution is -2.21. The Labute approximate surface area is 99.2 Å². The number of hydrogen-bond donors (Lipinski definition) is 2. The third kappa shape index (κ3) is 4.20. The summed E-state index contributed by atoms with van der Waals surface area (Å²) in [6.45, 7) is 3.29. The topological polar surface area (TPSA) is 84.3 Å². The van der Waals surface area contributed by atoms with Crippen molar-refractivity contribution in [2.24, 2.45) is 0 Å². The lowest BCUT2D eigenvalue weighted by molar-refractivity contribution is -0.383. The molecule has 0 spiro atoms. The van der Waals surface area contributed by atoms with Gasteiger partial charge in [-0.25, -0.2) is 0 Å². The van der Waals surface area contributed by atoms with Crippen molar-refractivity contribution >= 4 is 17.3 Å². The van der Waals surface area contributed by atoms with Crippen LogP contribution in [0, 0.1) is 10.1 Å². The molecule has 0 bridgehead atoms. The van der Waals surface area contributed by atoms with Gasteiger partial charge in [0.05, 0.1) is 4.92 Å². The smallest absolute Gasteiger partial charge is 0.292 e. The predicted octanol–water partition coefficient (Wildman–Crippen LogP) is 1.53. The number of rotatable bonds is 6. The number of carbonyl (C=O) groups is 1. The van der Waals surface area contributed by atoms with Crippen LogP contribution in [0.3, 0.4) is 0 Å². The maximum atomic E-state index is 11.5. The number of nitrogens with one attached hydrogen (secondary N) is 2. The Balaban J connectivity index is 2.61. The molecule has 17 heavy (non-hydrogen) atoms. The van der Waals surface area contributed by atoms with Crippen molar-refractivity contribution in [3.8, 4) is 0 Å². The number of benzene rings is 1. The summed E-state index contributed by atoms with van der Waals surface area (Å²) in [5, 5.41) is 16.2. The number of hydrogen-bond acceptors (Lipinski definition) is 4. The molecule has 1 aromatic rings. The van der Waals surface area contributed by atoms with Crippen molar-refractivity contribution in [1.29, 1.82) is 0 Å². The summed E-state index contributed by atoms with van der Waals surface area (Å²) in [5.74, 6) is -0.236. The van der Waals surface area contributed by atoms with Crippen LogP contribution in [0.25, 0.3) is 0 Å². The van der Waals surface area contributed by atoms with Crippen LogP contribution in [0.2, 0.25) is 0 Å². The quantitative estimate of drug-likeness (QED) is 0.446. The van der Waals surface area contributed by atoms with Crippen LogP contribution in [0.1, 0.15) is 13.3 Å². The summed E-state index contributed by atoms with van der Waals surface area (Å²) in [7, 11) is 0. The summed E-state index contributed by atoms with van der Waals surface area (Å²) in [6, 6.07) is 6.09. The molecule has 1 aromatic carbocycles. The number of nitro benzene ring substituents is 1. The minimum atomic E-state index is -0.514. The molecule has 6 heteroatoms. The SMILES string of the molecule is CCNCCC(=O)Nc1ccccc1[N+](=O)[O-]. The van der Waals surface area contributed by atoms with Crippen LogP contribution in [-0.2, 0) is 4.79 Å². The Kier molecular flexibility index (Phi) is 5.09. The van der Waals surface area contributed by atoms with E-state index in [0.29, 0.717) is 13.0 Å². The van der Waals surface area contributed by atoms with Gasteiger partial charge in [-0.1, -0.05) is 19.1 Å². The van der Waals surface area contributed by atoms with E-state index in [9.17, 15) is 14.9 Å². The fourth-order valence-corrected chi connectivity index (χ4v) is 1.33. The Bertz CT molecular complexity index is 407. The van der Waals surface area contributed by atoms with Crippen molar-refractivity contribution in [2.75, 3.05) is 18.4 Å². The highest BCUT2D eigenvalue weighted by atomic mass is 16.6. The second-order valence-electron chi connectivity index (χ2n) is 3.43. The van der Waals surface area contributed by atoms with E-state index in [4.69, 9.17) is 0 Å². The lowest BCUT2D eigenvalue weighted by Gasteiger charge is -2.05. The molecular formula is C11H15N3O3. The molecule has 92 valence electrons. The molecule has 6 nitrogen and oxygen atoms in total. The molecule has 0 aliphatic rings. The Morgan fingerprint density at radius 3 is 2.76 bits per heavy atom. The van der Waals surface area contributed by atoms with Crippen molar-refractivity contribution in [2.45, 2.75) is 13.3 Å². The Morgan fingerprint density at radius 1 is 1.41 bits per heavy atom. The molecule has 1 rings (SSSR count). The number of anilines is 1. The van der Waals surface area contributed by atoms with Gasteiger partial charge in [-0.05, 0) is 12.6 Å². The van der Waals surface area contributed by atoms with E-state index >= 15 is 0 Å². The minimum Gasteiger partial charge on any atom is -0.320 e. The monoisotopic (exact) mass is 237 g/mol. The van der Waals surface area contributed by atoms with Gasteiger partial charge >= 0.3 is 0 Å². The van der Waals surface area contributed by atoms with Crippen molar-refractivity contribution < 1.29 is 9.72 Å². The normalized spacial score (nSPS) is 9.94. The molecule has 1 amide bonds. The average molecular weight is 237 g/mol. The van der Waals surface area contributed by atoms with Crippen LogP contribution in [-0.4, -0.2) is 23.9 Å². The lowest BCUT2D eigenvalue weighted by atomic mass is 10.2. The molecule has 2 N–H and O–H groups in total. The van der Waals surface area contributed by atoms with E-state index in [1.807, 2.05) is 6.92 Å². The third-order valence-electron chi connectivity index (χ3n) is 2.15. The fraction of sp³-hybridized carbons (Fsp3) is 0.364. The van der Waals surface area contributed by atoms with Gasteiger partial charge in [0.15, 0.2) is 0 Å². The second kappa shape index (κ2) is 6.59. The molecule has 0 unspecified atom stereocenters. The average Bonchev–Trinajstić information content (AvgIpc) is 2.29. The van der Waals surface area contributed by atoms with Gasteiger partial charge in [0.25, 0.3) is 5.69 Å². The van der Waals surface area contributed by atoms with Gasteiger partial charge < -0.3 is 10.6 Å². The predicted molar refractivity (Wildman–Crippen MR) is 64.9 cm³/mol. The highest BCUT2D eigenvalue weighted by Gasteiger charge is 2.14. The number of nitrogens with zero attached hydrogens (tertiary/aromatic N) is 1. The van der Waals surface area contributed by atoms with Gasteiger partial charge in [0.2, 0.25) is 5.91 Å². The van der Waals surface area contributed by atoms with Crippen molar-refractivity contribution in [1.82, 2.24) is 5.32 Å². The largest absolute Gasteiger partial charge is 0.320 e. The second-order valence-corrected chi connectivity index (χ2v) is 3.43. The molecule has 0 saturated heterocycles. The molecule has 0 aromatic heterocycles. The zero-order valence-corrected chi connectivity index (χ0v) is 9.60. The third-order valence-corrected chi connectivity index (χ3v) is 2.15. The van der Waals surface area contributed by atoms with Gasteiger partial charge in [0, 0.05) is 19.0 Å². The molecule has 0 radical (unpaired) electrons. The maximum Gasteiger partial charge on any atom is 0.292 e. The molecular weight excluding hydrogens is 222 g/mol. The van der Waals surface area contributed by atoms with Gasteiger partial charge in [-0.2, -0.15) is 0 Å². The van der Waals surface area contributed by atoms with E-state index in [1.165, 1.54) is 12.1 Å². The summed E-state index contributed by atoms with van der Waals surface area (Å²) < 4.78 is 0. The first kappa shape index (κ1) is 13.1. The maximum absolute atomic E-state index is 11.5. The van der Waals surface area contributed by atoms with Crippen LogP contribution in [0.15, 0.2) is 24.3 Å². The zero-order chi connectivity index (χ0) is 12.7. The summed E-state index contributed by atoms with van der Waals surface area (Å²) in [4.78, 5) is 21.7. The molecule has 0 atom stereocenters. The Hall–Kier alpha value is -1.95. The highest BCUT2D eigenvalue weighted by Crippen LogP contribution is 2.22. The van der Waals surface area contributed by atoms with Crippen LogP contribution in [0.4, 0.5) is 11.4 Å². The van der Waals surface area contributed by atoms with Gasteiger partial charge in [0.1, 0.15) is 5.69 Å². The molecule has 0 aliphatic carbocycles. The molecule has 0 heterocycles. The van der Waals surface area contributed by atoms with Crippen molar-refractivity contribution in [3.63, 3.8) is 0 Å². The first-order valence-corrected chi connectivity index (χ1v) is 5.39. The van der Waals surface area contributed by atoms with Crippen LogP contribution >= 0.6 is 0 Å². The number of amides is 1. The number of para-hydroxylation sites is 2. The van der Waals surface area contributed by atoms with Gasteiger partial charge in [-0.3, -0.25) is 14.9 Å². The van der Waals surface area contributed by atoms with E-state index in [0.717, 1.165) is 6.54 Å². The van der Waals surface area contributed by atoms with Crippen LogP contribution < -0.4 is 10.6 Å². The number of nitro groups is 1. The zero-order valence-electron chi connectivity index (χ0n) is 9.60. The fourth-order valence-electron chi connectivity index (χ4n) is 1.33. The Morgan fingerprint density at radius 2 is 2.12 bits per heavy atom. The molecule has 0 saturated carbocycles. The van der Waals surface area contributed by atoms with E-state index < -0.39 is 4.92 Å². The van der Waals surface area contributed by atoms with Gasteiger partial charge in [-0.15, -0.1) is 0 Å². The van der Waals surface area contributed by atoms with Crippen molar-refractivity contribution in [3.05, 3.63) is 34.4 Å². The van der Waals surface area contributed by atoms with E-state index in [-0.39, 0.29) is 17.3 Å². The van der Waals surface area contributed by atoms with E-state index in [1.54, 1.807) is 12.1 Å². The first-order chi connectivity index (χ1) is 8.15. The molecule has 0 aliphatic heterocycles. The highest BCUT2D eigenvalue weighted by molar-refractivity contribution is 5.93. The summed E-state index contributed by atoms with van der Waals surface area (Å²) in [6.07, 6.45) is 0.292. The summed E-state index contributed by atoms with van der Waals surface area (Å²) in [5.41, 5.74) is 0.142. The minimum absolute atomic E-state index is 0.0932.